The van der Waals surface area contributed by atoms with Gasteiger partial charge in [-0.15, -0.1) is 0 Å². The fourth-order valence-electron chi connectivity index (χ4n) is 1.87. The minimum absolute atomic E-state index is 0.818. The van der Waals surface area contributed by atoms with Crippen molar-refractivity contribution in [3.8, 4) is 0 Å². The first-order valence-corrected chi connectivity index (χ1v) is 8.43. The van der Waals surface area contributed by atoms with Crippen molar-refractivity contribution < 1.29 is 0 Å². The Bertz CT molecular complexity index is 552. The molecule has 0 saturated heterocycles. The molecule has 0 saturated carbocycles. The van der Waals surface area contributed by atoms with Crippen molar-refractivity contribution in [1.82, 2.24) is 0 Å². The molecule has 0 fully saturated rings. The maximum atomic E-state index is 6.02. The molecule has 2 aromatic rings. The predicted octanol–water partition coefficient (Wildman–Crippen LogP) is 6.40. The third kappa shape index (κ3) is 6.45. The Morgan fingerprint density at radius 2 is 1.57 bits per heavy atom. The van der Waals surface area contributed by atoms with Crippen LogP contribution in [0.1, 0.15) is 32.3 Å². The van der Waals surface area contributed by atoms with E-state index in [1.165, 1.54) is 12.1 Å². The van der Waals surface area contributed by atoms with Crippen molar-refractivity contribution in [1.29, 1.82) is 0 Å². The van der Waals surface area contributed by atoms with E-state index in [0.29, 0.717) is 0 Å². The van der Waals surface area contributed by atoms with Crippen molar-refractivity contribution in [2.75, 3.05) is 6.54 Å². The second-order valence-corrected chi connectivity index (χ2v) is 5.53. The highest BCUT2D eigenvalue weighted by molar-refractivity contribution is 9.10. The van der Waals surface area contributed by atoms with Crippen LogP contribution in [0.3, 0.4) is 0 Å². The van der Waals surface area contributed by atoms with Crippen LogP contribution >= 0.6 is 27.5 Å². The van der Waals surface area contributed by atoms with E-state index in [9.17, 15) is 0 Å². The third-order valence-corrected chi connectivity index (χ3v) is 3.65. The maximum absolute atomic E-state index is 6.02. The third-order valence-electron chi connectivity index (χ3n) is 2.79. The van der Waals surface area contributed by atoms with E-state index in [1.807, 2.05) is 68.4 Å². The van der Waals surface area contributed by atoms with Gasteiger partial charge in [-0.25, -0.2) is 0 Å². The van der Waals surface area contributed by atoms with Crippen LogP contribution < -0.4 is 0 Å². The number of rotatable bonds is 1. The molecule has 0 atom stereocenters. The van der Waals surface area contributed by atoms with Gasteiger partial charge in [0.15, 0.2) is 0 Å². The molecule has 1 heterocycles. The summed E-state index contributed by atoms with van der Waals surface area (Å²) in [5.41, 5.74) is 2.28. The molecule has 0 bridgehead atoms. The average Bonchev–Trinajstić information content (AvgIpc) is 3.05. The fraction of sp³-hybridized carbons (Fsp3) is 0.278. The van der Waals surface area contributed by atoms with Gasteiger partial charge < -0.3 is 0 Å². The van der Waals surface area contributed by atoms with Gasteiger partial charge >= 0.3 is 0 Å². The van der Waals surface area contributed by atoms with E-state index in [4.69, 9.17) is 11.6 Å². The molecule has 2 aromatic carbocycles. The van der Waals surface area contributed by atoms with Crippen molar-refractivity contribution in [3.63, 3.8) is 0 Å². The lowest BCUT2D eigenvalue weighted by molar-refractivity contribution is 0.951. The number of halogens is 2. The van der Waals surface area contributed by atoms with Crippen molar-refractivity contribution >= 4 is 33.2 Å². The summed E-state index contributed by atoms with van der Waals surface area (Å²) in [4.78, 5) is 4.40. The van der Waals surface area contributed by atoms with E-state index in [2.05, 4.69) is 20.9 Å². The van der Waals surface area contributed by atoms with Gasteiger partial charge in [-0.1, -0.05) is 77.8 Å². The van der Waals surface area contributed by atoms with E-state index in [-0.39, 0.29) is 0 Å². The van der Waals surface area contributed by atoms with Gasteiger partial charge in [0.1, 0.15) is 0 Å². The number of aliphatic imine (C=N–C) groups is 1. The summed E-state index contributed by atoms with van der Waals surface area (Å²) >= 11 is 9.33. The summed E-state index contributed by atoms with van der Waals surface area (Å²) in [5.74, 6) is 0. The first-order chi connectivity index (χ1) is 10.3. The molecule has 0 radical (unpaired) electrons. The first-order valence-electron chi connectivity index (χ1n) is 7.26. The predicted molar refractivity (Wildman–Crippen MR) is 97.6 cm³/mol. The molecular formula is C18H21BrClN. The molecule has 112 valence electrons. The molecule has 0 aliphatic carbocycles. The molecule has 0 aromatic heterocycles. The standard InChI is InChI=1S/C10H10ClN.C6H5Br.C2H6/c11-9-5-2-1-4-8(9)10-6-3-7-12-10;7-6-4-2-1-3-5-6;1-2/h1-2,4-5H,3,6-7H2;1-5H;1-2H3. The van der Waals surface area contributed by atoms with E-state index < -0.39 is 0 Å². The molecular weight excluding hydrogens is 346 g/mol. The lowest BCUT2D eigenvalue weighted by atomic mass is 10.1. The van der Waals surface area contributed by atoms with Crippen LogP contribution in [0.15, 0.2) is 64.1 Å². The van der Waals surface area contributed by atoms with Crippen LogP contribution in [-0.2, 0) is 0 Å². The molecule has 1 aliphatic rings. The molecule has 21 heavy (non-hydrogen) atoms. The van der Waals surface area contributed by atoms with Gasteiger partial charge in [0.2, 0.25) is 0 Å². The quantitative estimate of drug-likeness (QED) is 0.554. The summed E-state index contributed by atoms with van der Waals surface area (Å²) in [5, 5.41) is 0.818. The summed E-state index contributed by atoms with van der Waals surface area (Å²) in [6, 6.07) is 17.9. The van der Waals surface area contributed by atoms with E-state index in [0.717, 1.165) is 28.0 Å². The maximum Gasteiger partial charge on any atom is 0.0496 e. The zero-order valence-corrected chi connectivity index (χ0v) is 14.9. The van der Waals surface area contributed by atoms with Crippen LogP contribution in [-0.4, -0.2) is 12.3 Å². The molecule has 1 aliphatic heterocycles. The molecule has 0 spiro atoms. The average molecular weight is 367 g/mol. The van der Waals surface area contributed by atoms with Crippen LogP contribution in [0.2, 0.25) is 5.02 Å². The van der Waals surface area contributed by atoms with Gasteiger partial charge in [0.05, 0.1) is 0 Å². The Balaban J connectivity index is 0.000000210. The Morgan fingerprint density at radius 3 is 2.05 bits per heavy atom. The molecule has 0 N–H and O–H groups in total. The first kappa shape index (κ1) is 17.9. The highest BCUT2D eigenvalue weighted by Gasteiger charge is 2.10. The smallest absolute Gasteiger partial charge is 0.0496 e. The topological polar surface area (TPSA) is 12.4 Å². The summed E-state index contributed by atoms with van der Waals surface area (Å²) in [6.07, 6.45) is 2.24. The van der Waals surface area contributed by atoms with Crippen molar-refractivity contribution in [2.45, 2.75) is 26.7 Å². The van der Waals surface area contributed by atoms with E-state index in [1.54, 1.807) is 0 Å². The minimum Gasteiger partial charge on any atom is -0.289 e. The Kier molecular flexibility index (Phi) is 9.04. The Morgan fingerprint density at radius 1 is 0.952 bits per heavy atom. The number of benzene rings is 2. The fourth-order valence-corrected chi connectivity index (χ4v) is 2.42. The van der Waals surface area contributed by atoms with Gasteiger partial charge in [-0.2, -0.15) is 0 Å². The lowest BCUT2D eigenvalue weighted by Crippen LogP contribution is -1.96. The minimum atomic E-state index is 0.818. The van der Waals surface area contributed by atoms with Crippen molar-refractivity contribution in [3.05, 3.63) is 69.7 Å². The zero-order valence-electron chi connectivity index (χ0n) is 12.5. The molecule has 3 heteroatoms. The lowest BCUT2D eigenvalue weighted by Gasteiger charge is -2.01. The molecule has 0 unspecified atom stereocenters. The molecule has 3 rings (SSSR count). The second kappa shape index (κ2) is 10.6. The van der Waals surface area contributed by atoms with Gasteiger partial charge in [0.25, 0.3) is 0 Å². The number of hydrogen-bond donors (Lipinski definition) is 0. The van der Waals surface area contributed by atoms with Gasteiger partial charge in [0, 0.05) is 27.3 Å². The Labute approximate surface area is 141 Å². The van der Waals surface area contributed by atoms with Crippen LogP contribution in [0.5, 0.6) is 0 Å². The highest BCUT2D eigenvalue weighted by atomic mass is 79.9. The summed E-state index contributed by atoms with van der Waals surface area (Å²) in [7, 11) is 0. The largest absolute Gasteiger partial charge is 0.289 e. The molecule has 1 nitrogen and oxygen atoms in total. The van der Waals surface area contributed by atoms with Gasteiger partial charge in [-0.3, -0.25) is 4.99 Å². The van der Waals surface area contributed by atoms with Crippen LogP contribution in [0.25, 0.3) is 0 Å². The van der Waals surface area contributed by atoms with E-state index >= 15 is 0 Å². The number of hydrogen-bond acceptors (Lipinski definition) is 1. The zero-order chi connectivity index (χ0) is 15.5. The monoisotopic (exact) mass is 365 g/mol. The SMILES string of the molecule is Brc1ccccc1.CC.Clc1ccccc1C1=NCCC1. The van der Waals surface area contributed by atoms with Crippen LogP contribution in [0, 0.1) is 0 Å². The normalized spacial score (nSPS) is 12.5. The summed E-state index contributed by atoms with van der Waals surface area (Å²) < 4.78 is 1.13. The van der Waals surface area contributed by atoms with Crippen LogP contribution in [0.4, 0.5) is 0 Å². The summed E-state index contributed by atoms with van der Waals surface area (Å²) in [6.45, 7) is 4.96. The molecule has 0 amide bonds. The Hall–Kier alpha value is -1.12. The highest BCUT2D eigenvalue weighted by Crippen LogP contribution is 2.20. The van der Waals surface area contributed by atoms with Crippen molar-refractivity contribution in [2.24, 2.45) is 4.99 Å². The number of nitrogens with zero attached hydrogens (tertiary/aromatic N) is 1. The second-order valence-electron chi connectivity index (χ2n) is 4.21. The van der Waals surface area contributed by atoms with Gasteiger partial charge in [-0.05, 0) is 31.0 Å².